The molecule has 0 atom stereocenters. The second-order valence-corrected chi connectivity index (χ2v) is 7.94. The first-order chi connectivity index (χ1) is 13.7. The highest BCUT2D eigenvalue weighted by molar-refractivity contribution is 5.46. The van der Waals surface area contributed by atoms with Crippen LogP contribution < -0.4 is 9.64 Å². The lowest BCUT2D eigenvalue weighted by molar-refractivity contribution is 0.128. The molecule has 0 aromatic carbocycles. The van der Waals surface area contributed by atoms with Gasteiger partial charge in [-0.1, -0.05) is 6.07 Å². The minimum Gasteiger partial charge on any atom is -0.481 e. The summed E-state index contributed by atoms with van der Waals surface area (Å²) >= 11 is 0. The number of aromatic nitrogens is 2. The number of hydrogen-bond acceptors (Lipinski definition) is 5. The lowest BCUT2D eigenvalue weighted by Crippen LogP contribution is -2.40. The Morgan fingerprint density at radius 1 is 1.04 bits per heavy atom. The van der Waals surface area contributed by atoms with Gasteiger partial charge in [-0.25, -0.2) is 9.37 Å². The van der Waals surface area contributed by atoms with Gasteiger partial charge in [0.25, 0.3) is 0 Å². The number of likely N-dealkylation sites (tertiary alicyclic amines) is 1. The molecule has 2 aromatic heterocycles. The molecule has 150 valence electrons. The molecule has 2 aliphatic rings. The van der Waals surface area contributed by atoms with Crippen LogP contribution in [0.15, 0.2) is 36.8 Å². The van der Waals surface area contributed by atoms with Crippen molar-refractivity contribution in [3.05, 3.63) is 48.2 Å². The molecule has 2 fully saturated rings. The smallest absolute Gasteiger partial charge is 0.217 e. The molecule has 28 heavy (non-hydrogen) atoms. The van der Waals surface area contributed by atoms with Gasteiger partial charge in [0.2, 0.25) is 5.88 Å². The largest absolute Gasteiger partial charge is 0.481 e. The standard InChI is InChI=1S/C22H29FN4O/c1-28-22-19(3-2-9-25-22)16-26-11-5-17(6-12-26)18-7-13-27(14-8-18)21-4-10-24-15-20(21)23/h2-4,9-10,15,17-18H,5-8,11-14,16H2,1H3. The second kappa shape index (κ2) is 8.86. The summed E-state index contributed by atoms with van der Waals surface area (Å²) in [6, 6.07) is 5.87. The SMILES string of the molecule is COc1ncccc1CN1CCC(C2CCN(c3ccncc3F)CC2)CC1. The van der Waals surface area contributed by atoms with Gasteiger partial charge in [-0.3, -0.25) is 9.88 Å². The van der Waals surface area contributed by atoms with Crippen LogP contribution in [0.4, 0.5) is 10.1 Å². The van der Waals surface area contributed by atoms with Gasteiger partial charge >= 0.3 is 0 Å². The van der Waals surface area contributed by atoms with E-state index in [1.165, 1.54) is 19.0 Å². The Balaban J connectivity index is 1.26. The van der Waals surface area contributed by atoms with Crippen LogP contribution in [0.3, 0.4) is 0 Å². The highest BCUT2D eigenvalue weighted by atomic mass is 19.1. The molecule has 5 nitrogen and oxygen atoms in total. The number of hydrogen-bond donors (Lipinski definition) is 0. The number of nitrogens with zero attached hydrogens (tertiary/aromatic N) is 4. The molecule has 0 bridgehead atoms. The molecule has 0 amide bonds. The van der Waals surface area contributed by atoms with E-state index in [4.69, 9.17) is 4.74 Å². The average molecular weight is 384 g/mol. The topological polar surface area (TPSA) is 41.5 Å². The van der Waals surface area contributed by atoms with Crippen molar-refractivity contribution < 1.29 is 9.13 Å². The molecule has 2 saturated heterocycles. The van der Waals surface area contributed by atoms with Gasteiger partial charge in [-0.15, -0.1) is 0 Å². The average Bonchev–Trinajstić information content (AvgIpc) is 2.75. The van der Waals surface area contributed by atoms with E-state index in [0.717, 1.165) is 68.8 Å². The number of piperidine rings is 2. The predicted molar refractivity (Wildman–Crippen MR) is 108 cm³/mol. The van der Waals surface area contributed by atoms with E-state index in [1.54, 1.807) is 25.6 Å². The van der Waals surface area contributed by atoms with Gasteiger partial charge in [0.15, 0.2) is 5.82 Å². The Hall–Kier alpha value is -2.21. The number of pyridine rings is 2. The van der Waals surface area contributed by atoms with Crippen molar-refractivity contribution >= 4 is 5.69 Å². The zero-order valence-corrected chi connectivity index (χ0v) is 16.6. The van der Waals surface area contributed by atoms with Crippen LogP contribution in [0.1, 0.15) is 31.2 Å². The van der Waals surface area contributed by atoms with Gasteiger partial charge in [-0.2, -0.15) is 0 Å². The highest BCUT2D eigenvalue weighted by Gasteiger charge is 2.30. The third kappa shape index (κ3) is 4.27. The molecular weight excluding hydrogens is 355 g/mol. The first-order valence-corrected chi connectivity index (χ1v) is 10.3. The van der Waals surface area contributed by atoms with Crippen LogP contribution in [0.2, 0.25) is 0 Å². The molecule has 2 aliphatic heterocycles. The van der Waals surface area contributed by atoms with Crippen molar-refractivity contribution in [2.75, 3.05) is 38.2 Å². The van der Waals surface area contributed by atoms with Gasteiger partial charge in [0.1, 0.15) is 0 Å². The van der Waals surface area contributed by atoms with Gasteiger partial charge in [0.05, 0.1) is 19.0 Å². The first kappa shape index (κ1) is 19.1. The van der Waals surface area contributed by atoms with E-state index in [2.05, 4.69) is 25.8 Å². The molecule has 4 rings (SSSR count). The van der Waals surface area contributed by atoms with Gasteiger partial charge < -0.3 is 9.64 Å². The molecule has 0 radical (unpaired) electrons. The fraction of sp³-hybridized carbons (Fsp3) is 0.545. The molecule has 2 aromatic rings. The maximum Gasteiger partial charge on any atom is 0.217 e. The number of rotatable bonds is 5. The summed E-state index contributed by atoms with van der Waals surface area (Å²) in [5.41, 5.74) is 1.87. The first-order valence-electron chi connectivity index (χ1n) is 10.3. The van der Waals surface area contributed by atoms with E-state index in [9.17, 15) is 4.39 Å². The number of halogens is 1. The summed E-state index contributed by atoms with van der Waals surface area (Å²) in [6.07, 6.45) is 9.57. The molecule has 0 saturated carbocycles. The molecule has 6 heteroatoms. The number of anilines is 1. The van der Waals surface area contributed by atoms with E-state index < -0.39 is 0 Å². The van der Waals surface area contributed by atoms with Crippen LogP contribution in [0, 0.1) is 17.7 Å². The Morgan fingerprint density at radius 3 is 2.43 bits per heavy atom. The minimum atomic E-state index is -0.208. The maximum atomic E-state index is 14.0. The van der Waals surface area contributed by atoms with Crippen molar-refractivity contribution in [3.63, 3.8) is 0 Å². The van der Waals surface area contributed by atoms with Gasteiger partial charge in [0, 0.05) is 37.6 Å². The number of methoxy groups -OCH3 is 1. The monoisotopic (exact) mass is 384 g/mol. The summed E-state index contributed by atoms with van der Waals surface area (Å²) in [5, 5.41) is 0. The third-order valence-electron chi connectivity index (χ3n) is 6.37. The van der Waals surface area contributed by atoms with Crippen molar-refractivity contribution in [2.24, 2.45) is 11.8 Å². The number of ether oxygens (including phenoxy) is 1. The van der Waals surface area contributed by atoms with Crippen LogP contribution in [0.5, 0.6) is 5.88 Å². The molecule has 0 spiro atoms. The second-order valence-electron chi connectivity index (χ2n) is 7.94. The van der Waals surface area contributed by atoms with E-state index in [1.807, 2.05) is 6.07 Å². The Bertz CT molecular complexity index is 771. The van der Waals surface area contributed by atoms with E-state index in [-0.39, 0.29) is 5.82 Å². The summed E-state index contributed by atoms with van der Waals surface area (Å²) in [6.45, 7) is 5.05. The summed E-state index contributed by atoms with van der Waals surface area (Å²) in [5.74, 6) is 2.08. The molecule has 0 aliphatic carbocycles. The van der Waals surface area contributed by atoms with E-state index in [0.29, 0.717) is 5.69 Å². The van der Waals surface area contributed by atoms with Crippen LogP contribution in [-0.2, 0) is 6.54 Å². The predicted octanol–water partition coefficient (Wildman–Crippen LogP) is 3.75. The zero-order chi connectivity index (χ0) is 19.3. The van der Waals surface area contributed by atoms with Crippen LogP contribution >= 0.6 is 0 Å². The molecule has 0 N–H and O–H groups in total. The Labute approximate surface area is 166 Å². The third-order valence-corrected chi connectivity index (χ3v) is 6.37. The highest BCUT2D eigenvalue weighted by Crippen LogP contribution is 2.34. The van der Waals surface area contributed by atoms with Crippen molar-refractivity contribution in [1.82, 2.24) is 14.9 Å². The zero-order valence-electron chi connectivity index (χ0n) is 16.6. The lowest BCUT2D eigenvalue weighted by Gasteiger charge is -2.41. The Morgan fingerprint density at radius 2 is 1.75 bits per heavy atom. The Kier molecular flexibility index (Phi) is 6.05. The van der Waals surface area contributed by atoms with Gasteiger partial charge in [-0.05, 0) is 62.7 Å². The van der Waals surface area contributed by atoms with Crippen molar-refractivity contribution in [3.8, 4) is 5.88 Å². The maximum absolute atomic E-state index is 14.0. The lowest BCUT2D eigenvalue weighted by atomic mass is 9.78. The summed E-state index contributed by atoms with van der Waals surface area (Å²) in [7, 11) is 1.68. The fourth-order valence-corrected chi connectivity index (χ4v) is 4.79. The fourth-order valence-electron chi connectivity index (χ4n) is 4.79. The quantitative estimate of drug-likeness (QED) is 0.785. The van der Waals surface area contributed by atoms with Crippen LogP contribution in [0.25, 0.3) is 0 Å². The minimum absolute atomic E-state index is 0.208. The molecule has 4 heterocycles. The van der Waals surface area contributed by atoms with Crippen molar-refractivity contribution in [2.45, 2.75) is 32.2 Å². The van der Waals surface area contributed by atoms with Crippen molar-refractivity contribution in [1.29, 1.82) is 0 Å². The summed E-state index contributed by atoms with van der Waals surface area (Å²) in [4.78, 5) is 12.9. The molecular formula is C22H29FN4O. The van der Waals surface area contributed by atoms with Crippen LogP contribution in [-0.4, -0.2) is 48.2 Å². The molecule has 0 unspecified atom stereocenters. The van der Waals surface area contributed by atoms with E-state index >= 15 is 0 Å². The summed E-state index contributed by atoms with van der Waals surface area (Å²) < 4.78 is 19.4. The normalized spacial score (nSPS) is 19.7.